The molecule has 0 aromatic heterocycles. The highest BCUT2D eigenvalue weighted by Crippen LogP contribution is 2.28. The van der Waals surface area contributed by atoms with Crippen molar-refractivity contribution in [2.24, 2.45) is 5.92 Å². The number of nitro groups is 1. The van der Waals surface area contributed by atoms with E-state index in [4.69, 9.17) is 11.6 Å². The van der Waals surface area contributed by atoms with Crippen molar-refractivity contribution in [1.29, 1.82) is 0 Å². The number of nitrogens with zero attached hydrogens (tertiary/aromatic N) is 1. The van der Waals surface area contributed by atoms with Gasteiger partial charge in [-0.1, -0.05) is 43.4 Å². The Morgan fingerprint density at radius 1 is 1.33 bits per heavy atom. The van der Waals surface area contributed by atoms with E-state index in [0.29, 0.717) is 29.1 Å². The van der Waals surface area contributed by atoms with Crippen LogP contribution in [0.4, 0.5) is 5.69 Å². The van der Waals surface area contributed by atoms with Crippen molar-refractivity contribution in [3.63, 3.8) is 0 Å². The highest BCUT2D eigenvalue weighted by molar-refractivity contribution is 6.31. The van der Waals surface area contributed by atoms with Crippen molar-refractivity contribution >= 4 is 17.3 Å². The molecule has 1 aliphatic carbocycles. The van der Waals surface area contributed by atoms with Crippen LogP contribution in [-0.4, -0.2) is 11.0 Å². The van der Waals surface area contributed by atoms with Crippen molar-refractivity contribution in [3.05, 3.63) is 38.9 Å². The molecule has 0 aliphatic heterocycles. The van der Waals surface area contributed by atoms with Crippen LogP contribution < -0.4 is 5.32 Å². The largest absolute Gasteiger partial charge is 0.310 e. The van der Waals surface area contributed by atoms with Gasteiger partial charge in [-0.2, -0.15) is 0 Å². The first-order valence-corrected chi connectivity index (χ1v) is 8.12. The molecule has 0 radical (unpaired) electrons. The van der Waals surface area contributed by atoms with Gasteiger partial charge in [0.15, 0.2) is 0 Å². The monoisotopic (exact) mass is 310 g/mol. The molecule has 4 nitrogen and oxygen atoms in total. The zero-order chi connectivity index (χ0) is 15.2. The number of nitro benzene ring substituents is 1. The second-order valence-electron chi connectivity index (χ2n) is 5.92. The van der Waals surface area contributed by atoms with Crippen LogP contribution in [0.3, 0.4) is 0 Å². The lowest BCUT2D eigenvalue weighted by Crippen LogP contribution is -2.33. The maximum atomic E-state index is 11.1. The van der Waals surface area contributed by atoms with Crippen LogP contribution in [0, 0.1) is 16.0 Å². The summed E-state index contributed by atoms with van der Waals surface area (Å²) in [5.74, 6) is 0.661. The van der Waals surface area contributed by atoms with Crippen LogP contribution in [0.5, 0.6) is 0 Å². The van der Waals surface area contributed by atoms with Crippen molar-refractivity contribution in [2.75, 3.05) is 0 Å². The van der Waals surface area contributed by atoms with E-state index < -0.39 is 0 Å². The summed E-state index contributed by atoms with van der Waals surface area (Å²) in [6.07, 6.45) is 7.75. The van der Waals surface area contributed by atoms with E-state index in [0.717, 1.165) is 0 Å². The van der Waals surface area contributed by atoms with E-state index in [1.807, 2.05) is 0 Å². The molecule has 1 atom stereocenters. The SMILES string of the molecule is C[C@@H](NCc1c(Cl)cccc1[N+](=O)[O-])C1CCCCCC1. The second kappa shape index (κ2) is 7.76. The van der Waals surface area contributed by atoms with E-state index in [2.05, 4.69) is 12.2 Å². The first-order chi connectivity index (χ1) is 10.1. The minimum absolute atomic E-state index is 0.100. The van der Waals surface area contributed by atoms with Crippen molar-refractivity contribution in [2.45, 2.75) is 58.0 Å². The molecule has 1 N–H and O–H groups in total. The van der Waals surface area contributed by atoms with Gasteiger partial charge in [0.05, 0.1) is 15.5 Å². The molecule has 1 aliphatic rings. The average Bonchev–Trinajstić information content (AvgIpc) is 2.74. The van der Waals surface area contributed by atoms with Crippen molar-refractivity contribution in [3.8, 4) is 0 Å². The zero-order valence-electron chi connectivity index (χ0n) is 12.5. The molecule has 0 heterocycles. The summed E-state index contributed by atoms with van der Waals surface area (Å²) in [4.78, 5) is 10.7. The van der Waals surface area contributed by atoms with Gasteiger partial charge in [0, 0.05) is 18.7 Å². The van der Waals surface area contributed by atoms with Gasteiger partial charge in [-0.3, -0.25) is 10.1 Å². The number of halogens is 1. The van der Waals surface area contributed by atoms with E-state index in [9.17, 15) is 10.1 Å². The van der Waals surface area contributed by atoms with Gasteiger partial charge in [0.25, 0.3) is 5.69 Å². The summed E-state index contributed by atoms with van der Waals surface area (Å²) in [6, 6.07) is 5.21. The maximum Gasteiger partial charge on any atom is 0.275 e. The first-order valence-electron chi connectivity index (χ1n) is 7.74. The predicted octanol–water partition coefficient (Wildman–Crippen LogP) is 4.70. The van der Waals surface area contributed by atoms with Gasteiger partial charge >= 0.3 is 0 Å². The van der Waals surface area contributed by atoms with Crippen LogP contribution in [0.25, 0.3) is 0 Å². The van der Waals surface area contributed by atoms with Crippen LogP contribution in [0.15, 0.2) is 18.2 Å². The van der Waals surface area contributed by atoms with Gasteiger partial charge in [-0.15, -0.1) is 0 Å². The quantitative estimate of drug-likeness (QED) is 0.487. The lowest BCUT2D eigenvalue weighted by Gasteiger charge is -2.23. The molecule has 0 saturated heterocycles. The normalized spacial score (nSPS) is 18.2. The Labute approximate surface area is 131 Å². The lowest BCUT2D eigenvalue weighted by atomic mass is 9.93. The third-order valence-electron chi connectivity index (χ3n) is 4.50. The third kappa shape index (κ3) is 4.42. The van der Waals surface area contributed by atoms with E-state index in [1.54, 1.807) is 12.1 Å². The fourth-order valence-corrected chi connectivity index (χ4v) is 3.37. The standard InChI is InChI=1S/C16H23ClN2O2/c1-12(13-7-4-2-3-5-8-13)18-11-14-15(17)9-6-10-16(14)19(20)21/h6,9-10,12-13,18H,2-5,7-8,11H2,1H3/t12-/m1/s1. The fraction of sp³-hybridized carbons (Fsp3) is 0.625. The summed E-state index contributed by atoms with van der Waals surface area (Å²) < 4.78 is 0. The van der Waals surface area contributed by atoms with E-state index in [-0.39, 0.29) is 10.6 Å². The molecule has 0 unspecified atom stereocenters. The molecule has 1 aromatic carbocycles. The maximum absolute atomic E-state index is 11.1. The van der Waals surface area contributed by atoms with Crippen LogP contribution in [0.1, 0.15) is 51.0 Å². The second-order valence-corrected chi connectivity index (χ2v) is 6.32. The Hall–Kier alpha value is -1.13. The summed E-state index contributed by atoms with van der Waals surface area (Å²) >= 11 is 6.12. The number of benzene rings is 1. The van der Waals surface area contributed by atoms with Gasteiger partial charge in [-0.25, -0.2) is 0 Å². The summed E-state index contributed by atoms with van der Waals surface area (Å²) in [7, 11) is 0. The van der Waals surface area contributed by atoms with Crippen molar-refractivity contribution < 1.29 is 4.92 Å². The topological polar surface area (TPSA) is 55.2 Å². The van der Waals surface area contributed by atoms with Crippen molar-refractivity contribution in [1.82, 2.24) is 5.32 Å². The first kappa shape index (κ1) is 16.2. The molecule has 5 heteroatoms. The fourth-order valence-electron chi connectivity index (χ4n) is 3.13. The molecule has 0 spiro atoms. The molecule has 0 amide bonds. The Balaban J connectivity index is 2.00. The minimum Gasteiger partial charge on any atom is -0.310 e. The molecule has 1 fully saturated rings. The Kier molecular flexibility index (Phi) is 6.00. The van der Waals surface area contributed by atoms with E-state index >= 15 is 0 Å². The highest BCUT2D eigenvalue weighted by Gasteiger charge is 2.21. The Morgan fingerprint density at radius 3 is 2.62 bits per heavy atom. The van der Waals surface area contributed by atoms with Crippen LogP contribution in [0.2, 0.25) is 5.02 Å². The van der Waals surface area contributed by atoms with Crippen LogP contribution in [-0.2, 0) is 6.54 Å². The molecule has 116 valence electrons. The third-order valence-corrected chi connectivity index (χ3v) is 4.85. The van der Waals surface area contributed by atoms with Gasteiger partial charge in [-0.05, 0) is 31.7 Å². The summed E-state index contributed by atoms with van der Waals surface area (Å²) in [5, 5.41) is 15.0. The van der Waals surface area contributed by atoms with Gasteiger partial charge < -0.3 is 5.32 Å². The Bertz CT molecular complexity index is 485. The smallest absolute Gasteiger partial charge is 0.275 e. The minimum atomic E-state index is -0.362. The highest BCUT2D eigenvalue weighted by atomic mass is 35.5. The molecular weight excluding hydrogens is 288 g/mol. The van der Waals surface area contributed by atoms with Crippen LogP contribution >= 0.6 is 11.6 Å². The molecule has 1 aromatic rings. The average molecular weight is 311 g/mol. The van der Waals surface area contributed by atoms with Gasteiger partial charge in [0.2, 0.25) is 0 Å². The molecule has 2 rings (SSSR count). The molecular formula is C16H23ClN2O2. The zero-order valence-corrected chi connectivity index (χ0v) is 13.2. The molecule has 0 bridgehead atoms. The Morgan fingerprint density at radius 2 is 2.00 bits per heavy atom. The number of nitrogens with one attached hydrogen (secondary N) is 1. The number of hydrogen-bond acceptors (Lipinski definition) is 3. The molecule has 1 saturated carbocycles. The lowest BCUT2D eigenvalue weighted by molar-refractivity contribution is -0.385. The summed E-state index contributed by atoms with van der Waals surface area (Å²) in [5.41, 5.74) is 0.688. The molecule has 21 heavy (non-hydrogen) atoms. The predicted molar refractivity (Wildman–Crippen MR) is 85.6 cm³/mol. The van der Waals surface area contributed by atoms with E-state index in [1.165, 1.54) is 44.6 Å². The number of hydrogen-bond donors (Lipinski definition) is 1. The number of rotatable bonds is 5. The summed E-state index contributed by atoms with van der Waals surface area (Å²) in [6.45, 7) is 2.63. The van der Waals surface area contributed by atoms with Gasteiger partial charge in [0.1, 0.15) is 0 Å².